The monoisotopic (exact) mass is 1760 g/mol. The number of esters is 2. The lowest BCUT2D eigenvalue weighted by Crippen LogP contribution is -2.30. The van der Waals surface area contributed by atoms with Crippen LogP contribution in [0.2, 0.25) is 0 Å². The minimum absolute atomic E-state index is 0. The maximum absolute atomic E-state index is 12.2. The molecule has 0 bridgehead atoms. The zero-order valence-electron chi connectivity index (χ0n) is 59.8. The molecule has 0 aliphatic carbocycles. The van der Waals surface area contributed by atoms with Gasteiger partial charge in [-0.2, -0.15) is 0 Å². The van der Waals surface area contributed by atoms with E-state index in [9.17, 15) is 33.6 Å². The normalized spacial score (nSPS) is 9.26. The van der Waals surface area contributed by atoms with Crippen molar-refractivity contribution < 1.29 is 62.4 Å². The average Bonchev–Trinajstić information content (AvgIpc) is 0.868. The van der Waals surface area contributed by atoms with Crippen LogP contribution in [0.3, 0.4) is 0 Å². The Balaban J connectivity index is -0.00000123. The summed E-state index contributed by atoms with van der Waals surface area (Å²) < 4.78 is 19.6. The van der Waals surface area contributed by atoms with Gasteiger partial charge >= 0.3 is 25.0 Å². The lowest BCUT2D eigenvalue weighted by Gasteiger charge is -2.07. The fourth-order valence-corrected chi connectivity index (χ4v) is 8.13. The summed E-state index contributed by atoms with van der Waals surface area (Å²) in [5.41, 5.74) is 15.5. The molecular formula is C73H80BBrCl8N14O13S. The Morgan fingerprint density at radius 2 is 0.784 bits per heavy atom. The molecular weight excluding hydrogens is 1690 g/mol. The van der Waals surface area contributed by atoms with E-state index in [1.807, 2.05) is 42.5 Å². The average molecular weight is 1770 g/mol. The maximum Gasteiger partial charge on any atom is 0.490 e. The Labute approximate surface area is 698 Å². The van der Waals surface area contributed by atoms with Gasteiger partial charge in [0, 0.05) is 231 Å². The summed E-state index contributed by atoms with van der Waals surface area (Å²) in [5.74, 6) is -2.13. The Bertz CT molecular complexity index is 4340. The van der Waals surface area contributed by atoms with Crippen LogP contribution < -0.4 is 27.1 Å². The molecule has 8 N–H and O–H groups in total. The van der Waals surface area contributed by atoms with Crippen molar-refractivity contribution in [2.24, 2.45) is 5.73 Å². The smallest absolute Gasteiger partial charge is 0.478 e. The number of carbonyl (C=O) groups excluding carboxylic acids is 6. The molecule has 3 amide bonds. The number of hydrogen-bond donors (Lipinski definition) is 7. The van der Waals surface area contributed by atoms with Crippen molar-refractivity contribution in [3.8, 4) is 44.5 Å². The van der Waals surface area contributed by atoms with E-state index in [0.29, 0.717) is 84.7 Å². The Morgan fingerprint density at radius 1 is 0.468 bits per heavy atom. The number of carboxylic acid groups (broad SMARTS) is 1. The summed E-state index contributed by atoms with van der Waals surface area (Å²) >= 11 is 8.58. The number of ether oxygens (including phenoxy) is 2. The molecule has 0 saturated carbocycles. The fraction of sp³-hybridized carbons (Fsp3) is 0.164. The van der Waals surface area contributed by atoms with Crippen molar-refractivity contribution in [1.29, 1.82) is 0 Å². The number of pyridine rings is 10. The van der Waals surface area contributed by atoms with Gasteiger partial charge in [-0.1, -0.05) is 43.5 Å². The highest BCUT2D eigenvalue weighted by Gasteiger charge is 2.13. The second-order valence-electron chi connectivity index (χ2n) is 20.9. The highest BCUT2D eigenvalue weighted by atomic mass is 79.9. The van der Waals surface area contributed by atoms with E-state index < -0.39 is 27.6 Å². The van der Waals surface area contributed by atoms with E-state index in [1.54, 1.807) is 163 Å². The number of rotatable bonds is 21. The van der Waals surface area contributed by atoms with E-state index in [1.165, 1.54) is 37.2 Å². The molecule has 0 spiro atoms. The van der Waals surface area contributed by atoms with Crippen LogP contribution in [0.5, 0.6) is 0 Å². The van der Waals surface area contributed by atoms with Crippen LogP contribution >= 0.6 is 111 Å². The van der Waals surface area contributed by atoms with Gasteiger partial charge < -0.3 is 46.3 Å². The Kier molecular flexibility index (Phi) is 59.0. The molecule has 38 heteroatoms. The fourth-order valence-electron chi connectivity index (χ4n) is 7.67. The third-order valence-corrected chi connectivity index (χ3v) is 13.4. The van der Waals surface area contributed by atoms with Crippen LogP contribution in [0, 0.1) is 0 Å². The van der Waals surface area contributed by atoms with Crippen LogP contribution in [0.25, 0.3) is 44.5 Å². The van der Waals surface area contributed by atoms with E-state index in [2.05, 4.69) is 116 Å². The zero-order valence-corrected chi connectivity index (χ0v) is 68.5. The number of carbonyl (C=O) groups is 7. The summed E-state index contributed by atoms with van der Waals surface area (Å²) in [6.45, 7) is 16.9. The minimum atomic E-state index is -1.67. The molecule has 0 aliphatic rings. The van der Waals surface area contributed by atoms with Crippen LogP contribution in [0.1, 0.15) is 92.3 Å². The van der Waals surface area contributed by atoms with Gasteiger partial charge in [0.25, 0.3) is 11.1 Å². The Hall–Kier alpha value is -9.64. The van der Waals surface area contributed by atoms with Gasteiger partial charge in [-0.05, 0) is 135 Å². The molecule has 10 aromatic rings. The molecule has 0 fully saturated rings. The minimum Gasteiger partial charge on any atom is -0.478 e. The molecule has 10 heterocycles. The van der Waals surface area contributed by atoms with Gasteiger partial charge in [0.15, 0.2) is 0 Å². The second kappa shape index (κ2) is 62.1. The Morgan fingerprint density at radius 3 is 1.11 bits per heavy atom. The van der Waals surface area contributed by atoms with Crippen LogP contribution in [-0.2, 0) is 28.3 Å². The van der Waals surface area contributed by atoms with E-state index in [-0.39, 0.29) is 97.3 Å². The molecule has 592 valence electrons. The van der Waals surface area contributed by atoms with Crippen LogP contribution in [0.15, 0.2) is 244 Å². The largest absolute Gasteiger partial charge is 0.490 e. The number of carboxylic acids is 1. The molecule has 0 saturated heterocycles. The number of amides is 3. The number of aromatic carboxylic acids is 1. The zero-order chi connectivity index (χ0) is 78.0. The quantitative estimate of drug-likeness (QED) is 0.0115. The summed E-state index contributed by atoms with van der Waals surface area (Å²) in [7, 11) is 5.95. The molecule has 10 rings (SSSR count). The third-order valence-electron chi connectivity index (χ3n) is 12.7. The lowest BCUT2D eigenvalue weighted by molar-refractivity contribution is -0.118. The second-order valence-corrected chi connectivity index (χ2v) is 24.7. The number of nitrogens with two attached hydrogens (primary N) is 1. The SMILES string of the molecule is C=C(C)C(=O)NCCCN.C=C(C)C(=O)NCCCNC(=O)c1cncc(-c2cccnc2)c1.CCOC(=O)c1cncc(-c2cccnc2)c1.CCOC(=O)c1cncc(Br)c1.Cl.Cl.Cl.Cl.Cl.O=C(Cl)c1cncc(-c2cccnc2)c1.O=C(O)c1cncc(-c2cccnc2)c1.O=S(Cl)Cl.OB(O)c1cccnc1. The van der Waals surface area contributed by atoms with Gasteiger partial charge in [0.05, 0.1) is 41.0 Å². The summed E-state index contributed by atoms with van der Waals surface area (Å²) in [4.78, 5) is 118. The van der Waals surface area contributed by atoms with E-state index in [4.69, 9.17) is 46.2 Å². The highest BCUT2D eigenvalue weighted by molar-refractivity contribution is 9.10. The molecule has 10 aromatic heterocycles. The van der Waals surface area contributed by atoms with Crippen LogP contribution in [0.4, 0.5) is 0 Å². The topological polar surface area (TPSA) is 407 Å². The molecule has 0 unspecified atom stereocenters. The summed E-state index contributed by atoms with van der Waals surface area (Å²) in [5, 5.41) is 33.6. The van der Waals surface area contributed by atoms with Crippen LogP contribution in [-0.4, -0.2) is 157 Å². The third kappa shape index (κ3) is 44.7. The number of nitrogens with zero attached hydrogens (tertiary/aromatic N) is 10. The van der Waals surface area contributed by atoms with Crippen molar-refractivity contribution >= 4 is 174 Å². The molecule has 0 aliphatic heterocycles. The van der Waals surface area contributed by atoms with Crippen molar-refractivity contribution in [1.82, 2.24) is 65.8 Å². The molecule has 27 nitrogen and oxygen atoms in total. The predicted octanol–water partition coefficient (Wildman–Crippen LogP) is 12.6. The molecule has 111 heavy (non-hydrogen) atoms. The number of halogens is 9. The van der Waals surface area contributed by atoms with E-state index >= 15 is 0 Å². The standard InChI is InChI=1S/C18H20N4O2.C13H12N2O2.C11H7ClN2O.C11H8N2O2.C8H8BrNO2.C7H14N2O.C5H6BNO2.Cl2OS.5ClH/c1-13(2)17(23)21-7-4-8-22-18(24)16-9-15(11-20-12-16)14-5-3-6-19-10-14;1-2-17-13(16)12-6-11(8-15-9-12)10-4-3-5-14-7-10;12-11(15)10-4-9(6-14-7-10)8-2-1-3-13-5-8;14-11(15)10-4-9(6-13-7-10)8-2-1-3-12-5-8;1-2-12-8(11)6-3-7(9)5-10-4-6;1-6(2)7(10)9-5-3-4-8;8-6(9)5-2-1-3-7-4-5;1-4(2)3;;;;;/h3,5-6,9-12H,1,4,7-8H2,2H3,(H,21,23)(H,22,24);3-9H,2H2,1H3;1-7H;1-7H,(H,14,15);3-5H,2H2,1H3;1,3-5,8H2,2H3,(H,9,10);1-4,8-9H;;5*1H. The van der Waals surface area contributed by atoms with Gasteiger partial charge in [-0.3, -0.25) is 69.0 Å². The predicted molar refractivity (Wildman–Crippen MR) is 447 cm³/mol. The summed E-state index contributed by atoms with van der Waals surface area (Å²) in [6, 6.07) is 26.6. The van der Waals surface area contributed by atoms with Crippen molar-refractivity contribution in [2.45, 2.75) is 40.5 Å². The van der Waals surface area contributed by atoms with Crippen molar-refractivity contribution in [3.63, 3.8) is 0 Å². The first-order valence-electron chi connectivity index (χ1n) is 31.5. The van der Waals surface area contributed by atoms with Crippen molar-refractivity contribution in [2.75, 3.05) is 39.4 Å². The molecule has 0 atom stereocenters. The van der Waals surface area contributed by atoms with Gasteiger partial charge in [0.2, 0.25) is 21.0 Å². The lowest BCUT2D eigenvalue weighted by atomic mass is 9.82. The number of hydrogen-bond acceptors (Lipinski definition) is 23. The molecule has 0 radical (unpaired) electrons. The number of nitrogens with one attached hydrogen (secondary N) is 3. The molecule has 0 aromatic carbocycles. The van der Waals surface area contributed by atoms with Gasteiger partial charge in [0.1, 0.15) is 0 Å². The van der Waals surface area contributed by atoms with Gasteiger partial charge in [-0.15, -0.1) is 62.0 Å². The van der Waals surface area contributed by atoms with Gasteiger partial charge in [-0.25, -0.2) is 18.6 Å². The first kappa shape index (κ1) is 106. The number of aromatic nitrogens is 10. The first-order chi connectivity index (χ1) is 50.9. The highest BCUT2D eigenvalue weighted by Crippen LogP contribution is 2.22. The van der Waals surface area contributed by atoms with E-state index in [0.717, 1.165) is 55.4 Å². The summed E-state index contributed by atoms with van der Waals surface area (Å²) in [6.07, 6.45) is 33.6. The maximum atomic E-state index is 12.2. The van der Waals surface area contributed by atoms with Crippen molar-refractivity contribution in [3.05, 3.63) is 272 Å². The first-order valence-corrected chi connectivity index (χ1v) is 35.5.